The Kier molecular flexibility index (Phi) is 5.38. The second-order valence-electron chi connectivity index (χ2n) is 3.96. The van der Waals surface area contributed by atoms with Crippen molar-refractivity contribution in [2.75, 3.05) is 39.1 Å². The number of anilines is 1. The number of benzene rings is 1. The molecule has 1 aromatic carbocycles. The van der Waals surface area contributed by atoms with Crippen molar-refractivity contribution < 1.29 is 9.66 Å². The first-order valence-corrected chi connectivity index (χ1v) is 5.83. The quantitative estimate of drug-likeness (QED) is 0.594. The number of nitro benzene ring substituents is 1. The molecule has 0 bridgehead atoms. The Hall–Kier alpha value is -1.82. The molecular weight excluding hydrogens is 234 g/mol. The standard InChI is InChI=1S/C12H19N3O3/c1-4-14(2)8-7-13-11-6-5-10(18-3)9-12(11)15(16)17/h5-6,9,13H,4,7-8H2,1-3H3. The molecule has 100 valence electrons. The van der Waals surface area contributed by atoms with Crippen LogP contribution in [0, 0.1) is 10.1 Å². The molecule has 0 aromatic heterocycles. The maximum absolute atomic E-state index is 10.9. The molecular formula is C12H19N3O3. The molecule has 0 radical (unpaired) electrons. The predicted octanol–water partition coefficient (Wildman–Crippen LogP) is 1.97. The largest absolute Gasteiger partial charge is 0.496 e. The molecule has 0 aliphatic rings. The van der Waals surface area contributed by atoms with E-state index in [4.69, 9.17) is 4.74 Å². The zero-order valence-electron chi connectivity index (χ0n) is 11.0. The van der Waals surface area contributed by atoms with Gasteiger partial charge in [-0.05, 0) is 25.7 Å². The molecule has 0 amide bonds. The summed E-state index contributed by atoms with van der Waals surface area (Å²) in [5.41, 5.74) is 0.554. The van der Waals surface area contributed by atoms with Crippen molar-refractivity contribution in [3.05, 3.63) is 28.3 Å². The second kappa shape index (κ2) is 6.80. The lowest BCUT2D eigenvalue weighted by Gasteiger charge is -2.14. The van der Waals surface area contributed by atoms with Gasteiger partial charge in [-0.25, -0.2) is 0 Å². The highest BCUT2D eigenvalue weighted by Crippen LogP contribution is 2.28. The summed E-state index contributed by atoms with van der Waals surface area (Å²) >= 11 is 0. The van der Waals surface area contributed by atoms with Gasteiger partial charge in [-0.2, -0.15) is 0 Å². The smallest absolute Gasteiger partial charge is 0.296 e. The summed E-state index contributed by atoms with van der Waals surface area (Å²) in [4.78, 5) is 12.7. The van der Waals surface area contributed by atoms with Crippen molar-refractivity contribution >= 4 is 11.4 Å². The minimum atomic E-state index is -0.408. The molecule has 1 N–H and O–H groups in total. The fraction of sp³-hybridized carbons (Fsp3) is 0.500. The van der Waals surface area contributed by atoms with Crippen LogP contribution in [0.1, 0.15) is 6.92 Å². The van der Waals surface area contributed by atoms with Crippen LogP contribution in [0.2, 0.25) is 0 Å². The van der Waals surface area contributed by atoms with Crippen LogP contribution in [0.4, 0.5) is 11.4 Å². The van der Waals surface area contributed by atoms with Crippen LogP contribution >= 0.6 is 0 Å². The van der Waals surface area contributed by atoms with E-state index < -0.39 is 4.92 Å². The Labute approximate surface area is 107 Å². The molecule has 0 heterocycles. The van der Waals surface area contributed by atoms with Gasteiger partial charge < -0.3 is 15.0 Å². The SMILES string of the molecule is CCN(C)CCNc1ccc(OC)cc1[N+](=O)[O-]. The molecule has 0 saturated carbocycles. The summed E-state index contributed by atoms with van der Waals surface area (Å²) < 4.78 is 4.98. The summed E-state index contributed by atoms with van der Waals surface area (Å²) in [7, 11) is 3.49. The number of nitro groups is 1. The van der Waals surface area contributed by atoms with Crippen LogP contribution in [0.25, 0.3) is 0 Å². The van der Waals surface area contributed by atoms with Gasteiger partial charge in [0, 0.05) is 13.1 Å². The molecule has 1 aromatic rings. The summed E-state index contributed by atoms with van der Waals surface area (Å²) in [6.07, 6.45) is 0. The average molecular weight is 253 g/mol. The summed E-state index contributed by atoms with van der Waals surface area (Å²) in [5, 5.41) is 14.0. The van der Waals surface area contributed by atoms with Gasteiger partial charge in [-0.15, -0.1) is 0 Å². The highest BCUT2D eigenvalue weighted by Gasteiger charge is 2.14. The number of methoxy groups -OCH3 is 1. The molecule has 6 heteroatoms. The van der Waals surface area contributed by atoms with Gasteiger partial charge in [0.1, 0.15) is 11.4 Å². The molecule has 0 spiro atoms. The Bertz CT molecular complexity index is 410. The topological polar surface area (TPSA) is 67.6 Å². The summed E-state index contributed by atoms with van der Waals surface area (Å²) in [6, 6.07) is 4.80. The normalized spacial score (nSPS) is 10.4. The van der Waals surface area contributed by atoms with Crippen LogP contribution in [-0.4, -0.2) is 43.6 Å². The highest BCUT2D eigenvalue weighted by atomic mass is 16.6. The van der Waals surface area contributed by atoms with Crippen LogP contribution in [-0.2, 0) is 0 Å². The van der Waals surface area contributed by atoms with Gasteiger partial charge >= 0.3 is 0 Å². The Morgan fingerprint density at radius 3 is 2.78 bits per heavy atom. The van der Waals surface area contributed by atoms with E-state index in [9.17, 15) is 10.1 Å². The third-order valence-electron chi connectivity index (χ3n) is 2.75. The summed E-state index contributed by atoms with van der Waals surface area (Å²) in [5.74, 6) is 0.484. The van der Waals surface area contributed by atoms with E-state index in [-0.39, 0.29) is 5.69 Å². The molecule has 0 unspecified atom stereocenters. The monoisotopic (exact) mass is 253 g/mol. The van der Waals surface area contributed by atoms with E-state index in [1.807, 2.05) is 7.05 Å². The minimum absolute atomic E-state index is 0.0356. The lowest BCUT2D eigenvalue weighted by Crippen LogP contribution is -2.24. The average Bonchev–Trinajstić information content (AvgIpc) is 2.38. The van der Waals surface area contributed by atoms with E-state index in [0.29, 0.717) is 18.0 Å². The number of nitrogens with zero attached hydrogens (tertiary/aromatic N) is 2. The minimum Gasteiger partial charge on any atom is -0.496 e. The number of likely N-dealkylation sites (N-methyl/N-ethyl adjacent to an activating group) is 1. The molecule has 0 aliphatic heterocycles. The first kappa shape index (κ1) is 14.2. The number of ether oxygens (including phenoxy) is 1. The van der Waals surface area contributed by atoms with Crippen LogP contribution in [0.3, 0.4) is 0 Å². The number of hydrogen-bond donors (Lipinski definition) is 1. The van der Waals surface area contributed by atoms with Gasteiger partial charge in [0.15, 0.2) is 0 Å². The predicted molar refractivity (Wildman–Crippen MR) is 71.3 cm³/mol. The van der Waals surface area contributed by atoms with E-state index in [0.717, 1.165) is 13.1 Å². The third-order valence-corrected chi connectivity index (χ3v) is 2.75. The summed E-state index contributed by atoms with van der Waals surface area (Å²) in [6.45, 7) is 4.51. The molecule has 6 nitrogen and oxygen atoms in total. The van der Waals surface area contributed by atoms with Crippen molar-refractivity contribution in [1.29, 1.82) is 0 Å². The van der Waals surface area contributed by atoms with Crippen molar-refractivity contribution in [3.63, 3.8) is 0 Å². The van der Waals surface area contributed by atoms with Gasteiger partial charge in [0.2, 0.25) is 0 Å². The lowest BCUT2D eigenvalue weighted by atomic mass is 10.2. The maximum atomic E-state index is 10.9. The molecule has 0 atom stereocenters. The fourth-order valence-corrected chi connectivity index (χ4v) is 1.48. The van der Waals surface area contributed by atoms with Crippen molar-refractivity contribution in [2.45, 2.75) is 6.92 Å². The maximum Gasteiger partial charge on any atom is 0.296 e. The Balaban J connectivity index is 2.72. The van der Waals surface area contributed by atoms with Crippen LogP contribution in [0.15, 0.2) is 18.2 Å². The van der Waals surface area contributed by atoms with Crippen molar-refractivity contribution in [3.8, 4) is 5.75 Å². The first-order chi connectivity index (χ1) is 8.58. The van der Waals surface area contributed by atoms with Crippen LogP contribution in [0.5, 0.6) is 5.75 Å². The molecule has 0 aliphatic carbocycles. The third kappa shape index (κ3) is 3.89. The molecule has 1 rings (SSSR count). The second-order valence-corrected chi connectivity index (χ2v) is 3.96. The van der Waals surface area contributed by atoms with Crippen molar-refractivity contribution in [2.24, 2.45) is 0 Å². The van der Waals surface area contributed by atoms with E-state index >= 15 is 0 Å². The Morgan fingerprint density at radius 1 is 1.50 bits per heavy atom. The molecule has 18 heavy (non-hydrogen) atoms. The number of hydrogen-bond acceptors (Lipinski definition) is 5. The molecule has 0 fully saturated rings. The van der Waals surface area contributed by atoms with E-state index in [2.05, 4.69) is 17.1 Å². The first-order valence-electron chi connectivity index (χ1n) is 5.83. The zero-order valence-corrected chi connectivity index (χ0v) is 11.0. The zero-order chi connectivity index (χ0) is 13.5. The lowest BCUT2D eigenvalue weighted by molar-refractivity contribution is -0.384. The van der Waals surface area contributed by atoms with Gasteiger partial charge in [0.05, 0.1) is 18.1 Å². The fourth-order valence-electron chi connectivity index (χ4n) is 1.48. The Morgan fingerprint density at radius 2 is 2.22 bits per heavy atom. The van der Waals surface area contributed by atoms with Gasteiger partial charge in [-0.3, -0.25) is 10.1 Å². The number of nitrogens with one attached hydrogen (secondary N) is 1. The number of rotatable bonds is 7. The van der Waals surface area contributed by atoms with E-state index in [1.54, 1.807) is 12.1 Å². The molecule has 0 saturated heterocycles. The van der Waals surface area contributed by atoms with Gasteiger partial charge in [0.25, 0.3) is 5.69 Å². The van der Waals surface area contributed by atoms with Crippen LogP contribution < -0.4 is 10.1 Å². The van der Waals surface area contributed by atoms with Crippen molar-refractivity contribution in [1.82, 2.24) is 4.90 Å². The highest BCUT2D eigenvalue weighted by molar-refractivity contribution is 5.63. The van der Waals surface area contributed by atoms with E-state index in [1.165, 1.54) is 13.2 Å². The van der Waals surface area contributed by atoms with Gasteiger partial charge in [-0.1, -0.05) is 6.92 Å².